The molecule has 2 rings (SSSR count). The smallest absolute Gasteiger partial charge is 0.0596 e. The third kappa shape index (κ3) is 2.46. The highest BCUT2D eigenvalue weighted by Crippen LogP contribution is 2.32. The zero-order valence-electron chi connectivity index (χ0n) is 10.3. The molecule has 0 bridgehead atoms. The van der Waals surface area contributed by atoms with E-state index < -0.39 is 0 Å². The number of aliphatic hydroxyl groups excluding tert-OH is 1. The number of hydrogen-bond donors (Lipinski definition) is 1. The molecule has 0 saturated heterocycles. The van der Waals surface area contributed by atoms with Gasteiger partial charge in [-0.2, -0.15) is 5.10 Å². The standard InChI is InChI=1S/C13H22N2O/c1-10-7-13(15(2)14-10)8-12(9-16)11-5-3-4-6-11/h7,11-12,16H,3-6,8-9H2,1-2H3. The normalized spacial score (nSPS) is 19.2. The fourth-order valence-corrected chi connectivity index (χ4v) is 2.93. The summed E-state index contributed by atoms with van der Waals surface area (Å²) >= 11 is 0. The predicted molar refractivity (Wildman–Crippen MR) is 64.2 cm³/mol. The quantitative estimate of drug-likeness (QED) is 0.847. The van der Waals surface area contributed by atoms with E-state index in [9.17, 15) is 5.11 Å². The van der Waals surface area contributed by atoms with Crippen LogP contribution in [0.4, 0.5) is 0 Å². The van der Waals surface area contributed by atoms with Gasteiger partial charge < -0.3 is 5.11 Å². The Morgan fingerprint density at radius 1 is 1.50 bits per heavy atom. The largest absolute Gasteiger partial charge is 0.396 e. The van der Waals surface area contributed by atoms with E-state index in [1.807, 2.05) is 18.7 Å². The highest BCUT2D eigenvalue weighted by Gasteiger charge is 2.25. The summed E-state index contributed by atoms with van der Waals surface area (Å²) in [7, 11) is 1.99. The van der Waals surface area contributed by atoms with Crippen molar-refractivity contribution in [3.63, 3.8) is 0 Å². The lowest BCUT2D eigenvalue weighted by Crippen LogP contribution is -2.20. The molecule has 1 unspecified atom stereocenters. The molecule has 1 N–H and O–H groups in total. The Morgan fingerprint density at radius 2 is 2.19 bits per heavy atom. The molecule has 1 aromatic heterocycles. The molecule has 1 aliphatic rings. The second-order valence-corrected chi connectivity index (χ2v) is 5.09. The molecular weight excluding hydrogens is 200 g/mol. The summed E-state index contributed by atoms with van der Waals surface area (Å²) in [5.41, 5.74) is 2.32. The molecule has 3 heteroatoms. The minimum Gasteiger partial charge on any atom is -0.396 e. The Morgan fingerprint density at radius 3 is 2.69 bits per heavy atom. The van der Waals surface area contributed by atoms with Crippen molar-refractivity contribution in [3.8, 4) is 0 Å². The summed E-state index contributed by atoms with van der Waals surface area (Å²) in [5.74, 6) is 1.15. The van der Waals surface area contributed by atoms with Crippen LogP contribution in [0.2, 0.25) is 0 Å². The van der Waals surface area contributed by atoms with Crippen LogP contribution >= 0.6 is 0 Å². The van der Waals surface area contributed by atoms with E-state index in [4.69, 9.17) is 0 Å². The molecular formula is C13H22N2O. The molecule has 1 aliphatic carbocycles. The van der Waals surface area contributed by atoms with E-state index in [-0.39, 0.29) is 0 Å². The monoisotopic (exact) mass is 222 g/mol. The Balaban J connectivity index is 2.03. The number of rotatable bonds is 4. The molecule has 0 aliphatic heterocycles. The zero-order chi connectivity index (χ0) is 11.5. The van der Waals surface area contributed by atoms with Crippen LogP contribution in [-0.4, -0.2) is 21.5 Å². The van der Waals surface area contributed by atoms with Crippen LogP contribution in [0.25, 0.3) is 0 Å². The van der Waals surface area contributed by atoms with Crippen molar-refractivity contribution in [2.24, 2.45) is 18.9 Å². The van der Waals surface area contributed by atoms with Gasteiger partial charge in [-0.3, -0.25) is 4.68 Å². The Kier molecular flexibility index (Phi) is 3.64. The van der Waals surface area contributed by atoms with Gasteiger partial charge in [0, 0.05) is 19.3 Å². The van der Waals surface area contributed by atoms with Crippen LogP contribution in [0, 0.1) is 18.8 Å². The molecule has 1 saturated carbocycles. The van der Waals surface area contributed by atoms with Gasteiger partial charge >= 0.3 is 0 Å². The van der Waals surface area contributed by atoms with Gasteiger partial charge in [0.05, 0.1) is 5.69 Å². The van der Waals surface area contributed by atoms with E-state index in [1.165, 1.54) is 31.4 Å². The van der Waals surface area contributed by atoms with Gasteiger partial charge in [0.1, 0.15) is 0 Å². The van der Waals surface area contributed by atoms with E-state index in [0.29, 0.717) is 12.5 Å². The number of aromatic nitrogens is 2. The fraction of sp³-hybridized carbons (Fsp3) is 0.769. The third-order valence-corrected chi connectivity index (χ3v) is 3.87. The molecule has 0 amide bonds. The van der Waals surface area contributed by atoms with Gasteiger partial charge in [0.2, 0.25) is 0 Å². The first-order valence-electron chi connectivity index (χ1n) is 6.31. The lowest BCUT2D eigenvalue weighted by molar-refractivity contribution is 0.174. The molecule has 3 nitrogen and oxygen atoms in total. The van der Waals surface area contributed by atoms with Crippen LogP contribution in [-0.2, 0) is 13.5 Å². The van der Waals surface area contributed by atoms with Crippen molar-refractivity contribution < 1.29 is 5.11 Å². The summed E-state index contributed by atoms with van der Waals surface area (Å²) in [6.07, 6.45) is 6.24. The summed E-state index contributed by atoms with van der Waals surface area (Å²) in [4.78, 5) is 0. The first-order chi connectivity index (χ1) is 7.70. The fourth-order valence-electron chi connectivity index (χ4n) is 2.93. The molecule has 1 atom stereocenters. The van der Waals surface area contributed by atoms with Gasteiger partial charge in [-0.05, 0) is 31.2 Å². The molecule has 0 aromatic carbocycles. The summed E-state index contributed by atoms with van der Waals surface area (Å²) in [6.45, 7) is 2.34. The minimum absolute atomic E-state index is 0.314. The van der Waals surface area contributed by atoms with Gasteiger partial charge in [-0.1, -0.05) is 25.7 Å². The highest BCUT2D eigenvalue weighted by molar-refractivity contribution is 5.09. The highest BCUT2D eigenvalue weighted by atomic mass is 16.3. The van der Waals surface area contributed by atoms with Crippen LogP contribution < -0.4 is 0 Å². The van der Waals surface area contributed by atoms with Crippen LogP contribution in [0.3, 0.4) is 0 Å². The second-order valence-electron chi connectivity index (χ2n) is 5.09. The number of nitrogens with zero attached hydrogens (tertiary/aromatic N) is 2. The Bertz CT molecular complexity index is 340. The molecule has 1 fully saturated rings. The Hall–Kier alpha value is -0.830. The van der Waals surface area contributed by atoms with Crippen LogP contribution in [0.1, 0.15) is 37.1 Å². The van der Waals surface area contributed by atoms with Crippen molar-refractivity contribution in [2.45, 2.75) is 39.0 Å². The van der Waals surface area contributed by atoms with Crippen molar-refractivity contribution in [1.82, 2.24) is 9.78 Å². The molecule has 90 valence electrons. The van der Waals surface area contributed by atoms with Crippen molar-refractivity contribution in [3.05, 3.63) is 17.5 Å². The first kappa shape index (κ1) is 11.6. The van der Waals surface area contributed by atoms with Gasteiger partial charge in [-0.15, -0.1) is 0 Å². The van der Waals surface area contributed by atoms with Crippen molar-refractivity contribution in [1.29, 1.82) is 0 Å². The van der Waals surface area contributed by atoms with Crippen molar-refractivity contribution >= 4 is 0 Å². The first-order valence-corrected chi connectivity index (χ1v) is 6.31. The number of aliphatic hydroxyl groups is 1. The molecule has 1 heterocycles. The summed E-state index contributed by atoms with van der Waals surface area (Å²) in [5, 5.41) is 13.9. The average Bonchev–Trinajstić information content (AvgIpc) is 2.85. The van der Waals surface area contributed by atoms with Gasteiger partial charge in [0.15, 0.2) is 0 Å². The lowest BCUT2D eigenvalue weighted by Gasteiger charge is -2.20. The zero-order valence-corrected chi connectivity index (χ0v) is 10.3. The van der Waals surface area contributed by atoms with Gasteiger partial charge in [-0.25, -0.2) is 0 Å². The molecule has 1 aromatic rings. The maximum absolute atomic E-state index is 9.52. The maximum Gasteiger partial charge on any atom is 0.0596 e. The minimum atomic E-state index is 0.314. The third-order valence-electron chi connectivity index (χ3n) is 3.87. The van der Waals surface area contributed by atoms with Crippen LogP contribution in [0.5, 0.6) is 0 Å². The lowest BCUT2D eigenvalue weighted by atomic mass is 9.88. The number of hydrogen-bond acceptors (Lipinski definition) is 2. The van der Waals surface area contributed by atoms with E-state index in [1.54, 1.807) is 0 Å². The SMILES string of the molecule is Cc1cc(CC(CO)C2CCCC2)n(C)n1. The van der Waals surface area contributed by atoms with Crippen molar-refractivity contribution in [2.75, 3.05) is 6.61 Å². The second kappa shape index (κ2) is 5.00. The van der Waals surface area contributed by atoms with E-state index in [2.05, 4.69) is 11.2 Å². The molecule has 0 radical (unpaired) electrons. The molecule has 16 heavy (non-hydrogen) atoms. The summed E-state index contributed by atoms with van der Waals surface area (Å²) < 4.78 is 1.95. The summed E-state index contributed by atoms with van der Waals surface area (Å²) in [6, 6.07) is 2.14. The molecule has 0 spiro atoms. The maximum atomic E-state index is 9.52. The van der Waals surface area contributed by atoms with Gasteiger partial charge in [0.25, 0.3) is 0 Å². The van der Waals surface area contributed by atoms with E-state index in [0.717, 1.165) is 18.0 Å². The average molecular weight is 222 g/mol. The van der Waals surface area contributed by atoms with E-state index >= 15 is 0 Å². The van der Waals surface area contributed by atoms with Crippen LogP contribution in [0.15, 0.2) is 6.07 Å². The number of aryl methyl sites for hydroxylation is 2. The predicted octanol–water partition coefficient (Wildman–Crippen LogP) is 2.07. The topological polar surface area (TPSA) is 38.0 Å². The Labute approximate surface area is 97.5 Å².